The van der Waals surface area contributed by atoms with Crippen molar-refractivity contribution in [2.45, 2.75) is 6.54 Å². The van der Waals surface area contributed by atoms with Gasteiger partial charge >= 0.3 is 0 Å². The van der Waals surface area contributed by atoms with E-state index in [0.29, 0.717) is 11.3 Å². The second-order valence-electron chi connectivity index (χ2n) is 3.74. The minimum atomic E-state index is -4.23. The maximum atomic E-state index is 10.6. The number of nitrogens with zero attached hydrogens (tertiary/aromatic N) is 2. The van der Waals surface area contributed by atoms with Crippen molar-refractivity contribution in [3.63, 3.8) is 0 Å². The molecule has 0 bridgehead atoms. The van der Waals surface area contributed by atoms with Crippen LogP contribution in [0.5, 0.6) is 5.75 Å². The zero-order valence-electron chi connectivity index (χ0n) is 9.74. The third-order valence-corrected chi connectivity index (χ3v) is 3.16. The standard InChI is InChI=1S/C11H12N2O4S/c1-17-10-4-2-3-9-5-6-13(12-11(9)10)7-8-18(14,15)16/h2-6H,7-8H2,1H3. The highest BCUT2D eigenvalue weighted by molar-refractivity contribution is 7.85. The molecule has 1 heterocycles. The Morgan fingerprint density at radius 2 is 2.17 bits per heavy atom. The summed E-state index contributed by atoms with van der Waals surface area (Å²) in [5.74, 6) is 0.123. The van der Waals surface area contributed by atoms with Gasteiger partial charge in [-0.1, -0.05) is 16.8 Å². The van der Waals surface area contributed by atoms with Crippen LogP contribution in [0.25, 0.3) is 10.9 Å². The zero-order chi connectivity index (χ0) is 13.2. The summed E-state index contributed by atoms with van der Waals surface area (Å²) in [5, 5.41) is 5.12. The van der Waals surface area contributed by atoms with Gasteiger partial charge in [-0.05, 0) is 6.07 Å². The van der Waals surface area contributed by atoms with E-state index in [1.165, 1.54) is 11.8 Å². The van der Waals surface area contributed by atoms with Crippen molar-refractivity contribution in [3.8, 4) is 5.75 Å². The number of hydrogen-bond donors (Lipinski definition) is 0. The molecule has 0 atom stereocenters. The van der Waals surface area contributed by atoms with Crippen molar-refractivity contribution in [3.05, 3.63) is 30.5 Å². The second kappa shape index (κ2) is 4.87. The fourth-order valence-electron chi connectivity index (χ4n) is 1.60. The SMILES string of the molecule is COc1cccc2cc[n+](CCS(=O)(=O)[O-])nc12. The molecule has 6 nitrogen and oxygen atoms in total. The van der Waals surface area contributed by atoms with E-state index in [4.69, 9.17) is 4.74 Å². The first-order valence-electron chi connectivity index (χ1n) is 5.27. The zero-order valence-corrected chi connectivity index (χ0v) is 10.6. The molecule has 18 heavy (non-hydrogen) atoms. The quantitative estimate of drug-likeness (QED) is 0.579. The Morgan fingerprint density at radius 1 is 1.39 bits per heavy atom. The maximum absolute atomic E-state index is 10.6. The van der Waals surface area contributed by atoms with Gasteiger partial charge in [-0.15, -0.1) is 0 Å². The molecule has 1 aromatic heterocycles. The normalized spacial score (nSPS) is 11.7. The van der Waals surface area contributed by atoms with Crippen LogP contribution in [0.3, 0.4) is 0 Å². The highest BCUT2D eigenvalue weighted by Crippen LogP contribution is 2.21. The van der Waals surface area contributed by atoms with Gasteiger partial charge in [0, 0.05) is 16.6 Å². The molecule has 0 saturated carbocycles. The van der Waals surface area contributed by atoms with Crippen LogP contribution in [0.15, 0.2) is 30.5 Å². The van der Waals surface area contributed by atoms with E-state index >= 15 is 0 Å². The van der Waals surface area contributed by atoms with Gasteiger partial charge in [0.15, 0.2) is 24.0 Å². The number of fused-ring (bicyclic) bond motifs is 1. The monoisotopic (exact) mass is 268 g/mol. The average Bonchev–Trinajstić information content (AvgIpc) is 2.34. The van der Waals surface area contributed by atoms with Gasteiger partial charge in [0.05, 0.1) is 12.9 Å². The summed E-state index contributed by atoms with van der Waals surface area (Å²) >= 11 is 0. The largest absolute Gasteiger partial charge is 0.748 e. The lowest BCUT2D eigenvalue weighted by Gasteiger charge is -2.04. The predicted molar refractivity (Wildman–Crippen MR) is 63.1 cm³/mol. The summed E-state index contributed by atoms with van der Waals surface area (Å²) in [7, 11) is -2.70. The molecular formula is C11H12N2O4S. The van der Waals surface area contributed by atoms with Gasteiger partial charge in [0.1, 0.15) is 10.1 Å². The minimum Gasteiger partial charge on any atom is -0.748 e. The molecule has 0 aliphatic carbocycles. The van der Waals surface area contributed by atoms with Crippen LogP contribution in [0.4, 0.5) is 0 Å². The van der Waals surface area contributed by atoms with Crippen LogP contribution in [-0.2, 0) is 16.7 Å². The average molecular weight is 268 g/mol. The molecule has 2 rings (SSSR count). The fraction of sp³-hybridized carbons (Fsp3) is 0.273. The lowest BCUT2D eigenvalue weighted by molar-refractivity contribution is -0.747. The Bertz CT molecular complexity index is 670. The molecule has 1 aromatic carbocycles. The lowest BCUT2D eigenvalue weighted by Crippen LogP contribution is -2.40. The number of aryl methyl sites for hydroxylation is 1. The first-order chi connectivity index (χ1) is 8.49. The van der Waals surface area contributed by atoms with Crippen molar-refractivity contribution in [2.24, 2.45) is 0 Å². The van der Waals surface area contributed by atoms with Crippen molar-refractivity contribution in [2.75, 3.05) is 12.9 Å². The molecule has 0 N–H and O–H groups in total. The lowest BCUT2D eigenvalue weighted by atomic mass is 10.2. The van der Waals surface area contributed by atoms with Crippen LogP contribution < -0.4 is 9.42 Å². The van der Waals surface area contributed by atoms with Gasteiger partial charge in [0.2, 0.25) is 0 Å². The van der Waals surface area contributed by atoms with Crippen LogP contribution in [0, 0.1) is 0 Å². The molecule has 0 unspecified atom stereocenters. The molecule has 0 fully saturated rings. The van der Waals surface area contributed by atoms with E-state index < -0.39 is 15.9 Å². The fourth-order valence-corrected chi connectivity index (χ4v) is 2.01. The van der Waals surface area contributed by atoms with Gasteiger partial charge in [-0.25, -0.2) is 8.42 Å². The topological polar surface area (TPSA) is 83.2 Å². The smallest absolute Gasteiger partial charge is 0.197 e. The maximum Gasteiger partial charge on any atom is 0.197 e. The summed E-state index contributed by atoms with van der Waals surface area (Å²) < 4.78 is 38.3. The summed E-state index contributed by atoms with van der Waals surface area (Å²) in [5.41, 5.74) is 0.630. The first-order valence-corrected chi connectivity index (χ1v) is 6.84. The molecular weight excluding hydrogens is 256 g/mol. The molecule has 0 radical (unpaired) electrons. The van der Waals surface area contributed by atoms with Gasteiger partial charge < -0.3 is 9.29 Å². The first kappa shape index (κ1) is 12.7. The van der Waals surface area contributed by atoms with Crippen molar-refractivity contribution >= 4 is 21.0 Å². The Morgan fingerprint density at radius 3 is 2.83 bits per heavy atom. The number of rotatable bonds is 4. The van der Waals surface area contributed by atoms with Gasteiger partial charge in [-0.3, -0.25) is 0 Å². The van der Waals surface area contributed by atoms with E-state index in [0.717, 1.165) is 5.39 Å². The molecule has 0 spiro atoms. The van der Waals surface area contributed by atoms with Crippen molar-refractivity contribution in [1.29, 1.82) is 0 Å². The summed E-state index contributed by atoms with van der Waals surface area (Å²) in [6.07, 6.45) is 1.63. The van der Waals surface area contributed by atoms with Crippen molar-refractivity contribution in [1.82, 2.24) is 5.10 Å². The van der Waals surface area contributed by atoms with Crippen LogP contribution in [0.2, 0.25) is 0 Å². The van der Waals surface area contributed by atoms with E-state index in [-0.39, 0.29) is 6.54 Å². The third kappa shape index (κ3) is 2.93. The van der Waals surface area contributed by atoms with E-state index in [1.54, 1.807) is 18.3 Å². The van der Waals surface area contributed by atoms with E-state index in [9.17, 15) is 13.0 Å². The Labute approximate surface area is 105 Å². The highest BCUT2D eigenvalue weighted by Gasteiger charge is 2.10. The number of hydrogen-bond acceptors (Lipinski definition) is 5. The second-order valence-corrected chi connectivity index (χ2v) is 5.26. The number of methoxy groups -OCH3 is 1. The molecule has 0 aliphatic rings. The molecule has 7 heteroatoms. The van der Waals surface area contributed by atoms with Crippen LogP contribution >= 0.6 is 0 Å². The molecule has 0 saturated heterocycles. The molecule has 96 valence electrons. The van der Waals surface area contributed by atoms with Crippen molar-refractivity contribution < 1.29 is 22.4 Å². The highest BCUT2D eigenvalue weighted by atomic mass is 32.2. The molecule has 0 amide bonds. The minimum absolute atomic E-state index is 0.0276. The third-order valence-electron chi connectivity index (χ3n) is 2.48. The summed E-state index contributed by atoms with van der Waals surface area (Å²) in [4.78, 5) is 0. The Hall–Kier alpha value is -1.73. The number of aromatic nitrogens is 2. The summed E-state index contributed by atoms with van der Waals surface area (Å²) in [6, 6.07) is 7.28. The van der Waals surface area contributed by atoms with Crippen LogP contribution in [0.1, 0.15) is 0 Å². The van der Waals surface area contributed by atoms with E-state index in [2.05, 4.69) is 5.10 Å². The van der Waals surface area contributed by atoms with Gasteiger partial charge in [-0.2, -0.15) is 0 Å². The van der Waals surface area contributed by atoms with Gasteiger partial charge in [0.25, 0.3) is 0 Å². The Balaban J connectivity index is 2.37. The summed E-state index contributed by atoms with van der Waals surface area (Å²) in [6.45, 7) is 0.0276. The molecule has 2 aromatic rings. The number of ether oxygens (including phenoxy) is 1. The van der Waals surface area contributed by atoms with Crippen LogP contribution in [-0.4, -0.2) is 30.9 Å². The molecule has 0 aliphatic heterocycles. The number of benzene rings is 1. The Kier molecular flexibility index (Phi) is 3.44. The predicted octanol–water partition coefficient (Wildman–Crippen LogP) is 0.0761. The van der Waals surface area contributed by atoms with E-state index in [1.807, 2.05) is 12.1 Å².